The van der Waals surface area contributed by atoms with Gasteiger partial charge in [-0.2, -0.15) is 0 Å². The molecule has 0 aliphatic heterocycles. The monoisotopic (exact) mass is 418 g/mol. The molecule has 7 nitrogen and oxygen atoms in total. The number of ether oxygens (including phenoxy) is 1. The maximum Gasteiger partial charge on any atom is 0.215 e. The molecule has 2 aromatic carbocycles. The van der Waals surface area contributed by atoms with Gasteiger partial charge in [-0.3, -0.25) is 4.99 Å². The van der Waals surface area contributed by atoms with Gasteiger partial charge in [0.25, 0.3) is 0 Å². The van der Waals surface area contributed by atoms with Crippen LogP contribution in [-0.4, -0.2) is 42.1 Å². The molecule has 0 radical (unpaired) electrons. The van der Waals surface area contributed by atoms with Gasteiger partial charge in [-0.1, -0.05) is 42.0 Å². The molecule has 0 aliphatic rings. The van der Waals surface area contributed by atoms with Crippen molar-refractivity contribution in [1.29, 1.82) is 0 Å². The van der Waals surface area contributed by atoms with Gasteiger partial charge in [-0.15, -0.1) is 0 Å². The van der Waals surface area contributed by atoms with Crippen LogP contribution in [0.5, 0.6) is 5.75 Å². The van der Waals surface area contributed by atoms with Crippen molar-refractivity contribution in [2.75, 3.05) is 27.7 Å². The van der Waals surface area contributed by atoms with Gasteiger partial charge >= 0.3 is 0 Å². The van der Waals surface area contributed by atoms with Gasteiger partial charge in [-0.25, -0.2) is 13.1 Å². The van der Waals surface area contributed by atoms with E-state index in [1.54, 1.807) is 20.2 Å². The number of aliphatic imine (C=N–C) groups is 1. The third-order valence-electron chi connectivity index (χ3n) is 4.47. The zero-order valence-corrected chi connectivity index (χ0v) is 18.3. The number of methoxy groups -OCH3 is 1. The first-order valence-corrected chi connectivity index (χ1v) is 11.1. The van der Waals surface area contributed by atoms with Crippen LogP contribution in [0.1, 0.15) is 22.3 Å². The first-order valence-electron chi connectivity index (χ1n) is 9.44. The van der Waals surface area contributed by atoms with E-state index in [0.717, 1.165) is 28.9 Å². The van der Waals surface area contributed by atoms with Crippen molar-refractivity contribution < 1.29 is 13.2 Å². The summed E-state index contributed by atoms with van der Waals surface area (Å²) < 4.78 is 31.2. The van der Waals surface area contributed by atoms with E-state index < -0.39 is 10.0 Å². The fourth-order valence-corrected chi connectivity index (χ4v) is 3.71. The molecule has 158 valence electrons. The molecule has 0 unspecified atom stereocenters. The third-order valence-corrected chi connectivity index (χ3v) is 5.80. The van der Waals surface area contributed by atoms with Crippen molar-refractivity contribution in [2.45, 2.75) is 25.6 Å². The summed E-state index contributed by atoms with van der Waals surface area (Å²) in [5.41, 5.74) is 4.07. The van der Waals surface area contributed by atoms with Crippen LogP contribution < -0.4 is 20.1 Å². The van der Waals surface area contributed by atoms with Crippen molar-refractivity contribution in [1.82, 2.24) is 15.4 Å². The molecule has 0 atom stereocenters. The van der Waals surface area contributed by atoms with Crippen molar-refractivity contribution in [2.24, 2.45) is 4.99 Å². The maximum atomic E-state index is 11.7. The number of aryl methyl sites for hydroxylation is 1. The molecule has 0 fully saturated rings. The summed E-state index contributed by atoms with van der Waals surface area (Å²) in [6.07, 6.45) is 0.808. The second-order valence-electron chi connectivity index (χ2n) is 6.70. The first kappa shape index (κ1) is 22.7. The molecule has 3 N–H and O–H groups in total. The highest BCUT2D eigenvalue weighted by Crippen LogP contribution is 2.19. The van der Waals surface area contributed by atoms with Crippen LogP contribution in [0.4, 0.5) is 0 Å². The Hall–Kier alpha value is -2.58. The molecule has 0 heterocycles. The highest BCUT2D eigenvalue weighted by atomic mass is 32.2. The highest BCUT2D eigenvalue weighted by molar-refractivity contribution is 7.88. The van der Waals surface area contributed by atoms with Crippen molar-refractivity contribution in [3.05, 3.63) is 64.7 Å². The lowest BCUT2D eigenvalue weighted by molar-refractivity contribution is 0.409. The number of nitrogens with zero attached hydrogens (tertiary/aromatic N) is 1. The predicted octanol–water partition coefficient (Wildman–Crippen LogP) is 1.96. The summed E-state index contributed by atoms with van der Waals surface area (Å²) in [7, 11) is 1.53. The SMILES string of the molecule is CN=C(NCCc1cc(C)ccc1OC)NCc1cccc(CS(=O)(=O)NC)c1. The normalized spacial score (nSPS) is 11.9. The lowest BCUT2D eigenvalue weighted by Gasteiger charge is -2.14. The molecule has 0 saturated carbocycles. The summed E-state index contributed by atoms with van der Waals surface area (Å²) in [5.74, 6) is 1.53. The molecule has 0 amide bonds. The average Bonchev–Trinajstić information content (AvgIpc) is 2.70. The van der Waals surface area contributed by atoms with Gasteiger partial charge in [0.05, 0.1) is 12.9 Å². The Kier molecular flexibility index (Phi) is 8.48. The van der Waals surface area contributed by atoms with E-state index in [0.29, 0.717) is 19.0 Å². The summed E-state index contributed by atoms with van der Waals surface area (Å²) >= 11 is 0. The van der Waals surface area contributed by atoms with Gasteiger partial charge in [0, 0.05) is 20.1 Å². The Bertz CT molecular complexity index is 943. The minimum absolute atomic E-state index is 0.0390. The molecular formula is C21H30N4O3S. The number of sulfonamides is 1. The average molecular weight is 419 g/mol. The van der Waals surface area contributed by atoms with E-state index in [9.17, 15) is 8.42 Å². The van der Waals surface area contributed by atoms with Crippen LogP contribution in [0, 0.1) is 6.92 Å². The molecule has 0 bridgehead atoms. The molecule has 8 heteroatoms. The molecular weight excluding hydrogens is 388 g/mol. The minimum Gasteiger partial charge on any atom is -0.496 e. The van der Waals surface area contributed by atoms with Crippen molar-refractivity contribution >= 4 is 16.0 Å². The summed E-state index contributed by atoms with van der Waals surface area (Å²) in [5, 5.41) is 6.56. The number of guanidine groups is 1. The van der Waals surface area contributed by atoms with Crippen molar-refractivity contribution in [3.63, 3.8) is 0 Å². The number of hydrogen-bond acceptors (Lipinski definition) is 4. The van der Waals surface area contributed by atoms with Crippen LogP contribution in [0.3, 0.4) is 0 Å². The Morgan fingerprint density at radius 2 is 1.86 bits per heavy atom. The Morgan fingerprint density at radius 3 is 2.55 bits per heavy atom. The van der Waals surface area contributed by atoms with Gasteiger partial charge in [-0.05, 0) is 43.1 Å². The zero-order valence-electron chi connectivity index (χ0n) is 17.5. The fourth-order valence-electron chi connectivity index (χ4n) is 2.95. The Labute approximate surface area is 173 Å². The first-order chi connectivity index (χ1) is 13.9. The number of benzene rings is 2. The Balaban J connectivity index is 1.89. The molecule has 0 saturated heterocycles. The predicted molar refractivity (Wildman–Crippen MR) is 118 cm³/mol. The van der Waals surface area contributed by atoms with Gasteiger partial charge in [0.2, 0.25) is 10.0 Å². The highest BCUT2D eigenvalue weighted by Gasteiger charge is 2.09. The lowest BCUT2D eigenvalue weighted by atomic mass is 10.1. The van der Waals surface area contributed by atoms with Crippen LogP contribution in [0.2, 0.25) is 0 Å². The summed E-state index contributed by atoms with van der Waals surface area (Å²) in [6.45, 7) is 3.31. The minimum atomic E-state index is -3.29. The largest absolute Gasteiger partial charge is 0.496 e. The van der Waals surface area contributed by atoms with E-state index in [4.69, 9.17) is 4.74 Å². The number of rotatable bonds is 9. The van der Waals surface area contributed by atoms with Crippen LogP contribution in [-0.2, 0) is 28.7 Å². The number of nitrogens with one attached hydrogen (secondary N) is 3. The van der Waals surface area contributed by atoms with Gasteiger partial charge in [0.1, 0.15) is 5.75 Å². The van der Waals surface area contributed by atoms with Crippen LogP contribution in [0.25, 0.3) is 0 Å². The lowest BCUT2D eigenvalue weighted by Crippen LogP contribution is -2.37. The smallest absolute Gasteiger partial charge is 0.215 e. The molecule has 2 rings (SSSR count). The summed E-state index contributed by atoms with van der Waals surface area (Å²) in [6, 6.07) is 13.6. The van der Waals surface area contributed by atoms with Crippen LogP contribution >= 0.6 is 0 Å². The quantitative estimate of drug-likeness (QED) is 0.428. The second-order valence-corrected chi connectivity index (χ2v) is 8.63. The number of hydrogen-bond donors (Lipinski definition) is 3. The second kappa shape index (κ2) is 10.8. The van der Waals surface area contributed by atoms with Gasteiger partial charge < -0.3 is 15.4 Å². The molecule has 0 spiro atoms. The van der Waals surface area contributed by atoms with Gasteiger partial charge in [0.15, 0.2) is 5.96 Å². The third kappa shape index (κ3) is 7.40. The van der Waals surface area contributed by atoms with E-state index in [1.165, 1.54) is 12.6 Å². The van der Waals surface area contributed by atoms with Crippen LogP contribution in [0.15, 0.2) is 47.5 Å². The topological polar surface area (TPSA) is 91.8 Å². The van der Waals surface area contributed by atoms with Crippen molar-refractivity contribution in [3.8, 4) is 5.75 Å². The molecule has 2 aromatic rings. The molecule has 29 heavy (non-hydrogen) atoms. The maximum absolute atomic E-state index is 11.7. The standard InChI is InChI=1S/C21H30N4O3S/c1-16-8-9-20(28-4)19(12-16)10-11-24-21(22-2)25-14-17-6-5-7-18(13-17)15-29(26,27)23-3/h5-9,12-13,23H,10-11,14-15H2,1-4H3,(H2,22,24,25). The molecule has 0 aliphatic carbocycles. The molecule has 0 aromatic heterocycles. The Morgan fingerprint density at radius 1 is 1.10 bits per heavy atom. The van der Waals surface area contributed by atoms with E-state index in [1.807, 2.05) is 30.3 Å². The zero-order chi connectivity index (χ0) is 21.3. The fraction of sp³-hybridized carbons (Fsp3) is 0.381. The van der Waals surface area contributed by atoms with E-state index >= 15 is 0 Å². The summed E-state index contributed by atoms with van der Waals surface area (Å²) in [4.78, 5) is 4.25. The van der Waals surface area contributed by atoms with E-state index in [-0.39, 0.29) is 5.75 Å². The van der Waals surface area contributed by atoms with E-state index in [2.05, 4.69) is 33.3 Å².